The van der Waals surface area contributed by atoms with Gasteiger partial charge in [0.05, 0.1) is 28.4 Å². The van der Waals surface area contributed by atoms with Crippen molar-refractivity contribution in [3.05, 3.63) is 87.4 Å². The second-order valence-electron chi connectivity index (χ2n) is 7.47. The number of ether oxygens (including phenoxy) is 1. The summed E-state index contributed by atoms with van der Waals surface area (Å²) in [6.45, 7) is 1.46. The summed E-state index contributed by atoms with van der Waals surface area (Å²) in [6, 6.07) is 8.09. The molecule has 0 fully saturated rings. The van der Waals surface area contributed by atoms with Crippen molar-refractivity contribution < 1.29 is 36.4 Å². The summed E-state index contributed by atoms with van der Waals surface area (Å²) < 4.78 is 71.8. The number of aromatic nitrogens is 3. The van der Waals surface area contributed by atoms with Crippen LogP contribution in [0.1, 0.15) is 33.7 Å². The maximum absolute atomic E-state index is 13.3. The molecule has 0 aliphatic carbocycles. The summed E-state index contributed by atoms with van der Waals surface area (Å²) in [7, 11) is 0. The molecule has 2 aromatic carbocycles. The molecule has 0 atom stereocenters. The zero-order chi connectivity index (χ0) is 26.2. The summed E-state index contributed by atoms with van der Waals surface area (Å²) in [5.41, 5.74) is -2.27. The molecular formula is C22H14F5N5O4. The highest BCUT2D eigenvalue weighted by Crippen LogP contribution is 2.34. The lowest BCUT2D eigenvalue weighted by molar-refractivity contribution is -0.384. The van der Waals surface area contributed by atoms with E-state index in [2.05, 4.69) is 15.4 Å². The zero-order valence-electron chi connectivity index (χ0n) is 18.1. The molecule has 14 heteroatoms. The number of hydrogen-bond acceptors (Lipinski definition) is 6. The molecule has 36 heavy (non-hydrogen) atoms. The lowest BCUT2D eigenvalue weighted by Gasteiger charge is -2.11. The van der Waals surface area contributed by atoms with Crippen LogP contribution in [0.2, 0.25) is 0 Å². The van der Waals surface area contributed by atoms with Crippen LogP contribution in [0.15, 0.2) is 54.7 Å². The van der Waals surface area contributed by atoms with E-state index < -0.39 is 40.4 Å². The van der Waals surface area contributed by atoms with Gasteiger partial charge in [-0.2, -0.15) is 18.3 Å². The van der Waals surface area contributed by atoms with Gasteiger partial charge in [0, 0.05) is 17.8 Å². The molecule has 4 rings (SSSR count). The summed E-state index contributed by atoms with van der Waals surface area (Å²) in [6.07, 6.45) is -6.51. The number of nitro benzene ring substituents is 1. The van der Waals surface area contributed by atoms with Gasteiger partial charge in [0.2, 0.25) is 0 Å². The molecule has 0 aliphatic heterocycles. The van der Waals surface area contributed by atoms with E-state index in [1.807, 2.05) is 0 Å². The fourth-order valence-electron chi connectivity index (χ4n) is 3.32. The van der Waals surface area contributed by atoms with Crippen LogP contribution in [0.3, 0.4) is 0 Å². The van der Waals surface area contributed by atoms with E-state index in [1.165, 1.54) is 13.0 Å². The minimum Gasteiger partial charge on any atom is -0.457 e. The number of benzene rings is 2. The molecule has 2 heterocycles. The Bertz CT molecular complexity index is 1490. The van der Waals surface area contributed by atoms with E-state index in [0.717, 1.165) is 47.1 Å². The highest BCUT2D eigenvalue weighted by Gasteiger charge is 2.30. The molecule has 0 unspecified atom stereocenters. The van der Waals surface area contributed by atoms with Crippen LogP contribution in [0, 0.1) is 17.0 Å². The maximum atomic E-state index is 13.3. The molecule has 0 aliphatic rings. The van der Waals surface area contributed by atoms with Crippen LogP contribution >= 0.6 is 0 Å². The minimum absolute atomic E-state index is 0.141. The predicted molar refractivity (Wildman–Crippen MR) is 115 cm³/mol. The first-order valence-corrected chi connectivity index (χ1v) is 10.0. The van der Waals surface area contributed by atoms with Crippen molar-refractivity contribution >= 4 is 22.9 Å². The van der Waals surface area contributed by atoms with E-state index in [0.29, 0.717) is 6.07 Å². The number of nitrogens with zero attached hydrogens (tertiary/aromatic N) is 4. The average molecular weight is 507 g/mol. The fraction of sp³-hybridized carbons (Fsp3) is 0.136. The van der Waals surface area contributed by atoms with Gasteiger partial charge < -0.3 is 10.1 Å². The minimum atomic E-state index is -4.63. The number of hydrogen-bond donors (Lipinski definition) is 1. The number of halogens is 5. The first-order chi connectivity index (χ1) is 16.9. The zero-order valence-corrected chi connectivity index (χ0v) is 18.1. The van der Waals surface area contributed by atoms with E-state index in [4.69, 9.17) is 4.74 Å². The van der Waals surface area contributed by atoms with Crippen LogP contribution in [-0.4, -0.2) is 25.4 Å². The Morgan fingerprint density at radius 3 is 2.56 bits per heavy atom. The van der Waals surface area contributed by atoms with Crippen LogP contribution in [-0.2, 0) is 6.18 Å². The number of anilines is 1. The van der Waals surface area contributed by atoms with Crippen molar-refractivity contribution in [3.63, 3.8) is 0 Å². The Morgan fingerprint density at radius 1 is 1.14 bits per heavy atom. The van der Waals surface area contributed by atoms with Gasteiger partial charge in [0.1, 0.15) is 22.8 Å². The first-order valence-electron chi connectivity index (χ1n) is 10.0. The standard InChI is InChI=1S/C22H14F5N5O4/c1-11-5-18(19(23)24)31-20(29-11)17(10-28-31)21(33)30-13-7-14(32(34)35)9-16(8-13)36-15-4-2-3-12(6-15)22(25,26)27/h2-10,19H,1H3,(H,30,33). The van der Waals surface area contributed by atoms with E-state index in [-0.39, 0.29) is 34.1 Å². The number of nitro groups is 1. The number of aryl methyl sites for hydroxylation is 1. The number of alkyl halides is 5. The monoisotopic (exact) mass is 507 g/mol. The van der Waals surface area contributed by atoms with Gasteiger partial charge in [0.15, 0.2) is 5.65 Å². The topological polar surface area (TPSA) is 112 Å². The van der Waals surface area contributed by atoms with Gasteiger partial charge in [-0.05, 0) is 31.2 Å². The highest BCUT2D eigenvalue weighted by atomic mass is 19.4. The number of non-ortho nitro benzene ring substituents is 1. The predicted octanol–water partition coefficient (Wildman–Crippen LogP) is 5.95. The van der Waals surface area contributed by atoms with E-state index in [1.54, 1.807) is 0 Å². The number of nitrogens with one attached hydrogen (secondary N) is 1. The third kappa shape index (κ3) is 5.06. The van der Waals surface area contributed by atoms with Gasteiger partial charge in [-0.25, -0.2) is 18.3 Å². The Hall–Kier alpha value is -4.62. The van der Waals surface area contributed by atoms with Crippen molar-refractivity contribution in [3.8, 4) is 11.5 Å². The Balaban J connectivity index is 1.67. The number of fused-ring (bicyclic) bond motifs is 1. The normalized spacial score (nSPS) is 11.6. The Morgan fingerprint density at radius 2 is 1.89 bits per heavy atom. The summed E-state index contributed by atoms with van der Waals surface area (Å²) >= 11 is 0. The SMILES string of the molecule is Cc1cc(C(F)F)n2ncc(C(=O)Nc3cc(Oc4cccc(C(F)(F)F)c4)cc([N+](=O)[O-])c3)c2n1. The second kappa shape index (κ2) is 9.20. The average Bonchev–Trinajstić information content (AvgIpc) is 3.21. The molecule has 0 spiro atoms. The summed E-state index contributed by atoms with van der Waals surface area (Å²) in [5, 5.41) is 17.5. The lowest BCUT2D eigenvalue weighted by atomic mass is 10.2. The molecule has 0 radical (unpaired) electrons. The van der Waals surface area contributed by atoms with E-state index >= 15 is 0 Å². The Kier molecular flexibility index (Phi) is 6.26. The van der Waals surface area contributed by atoms with Crippen LogP contribution in [0.4, 0.5) is 33.3 Å². The first kappa shape index (κ1) is 24.5. The maximum Gasteiger partial charge on any atom is 0.416 e. The molecule has 0 bridgehead atoms. The number of rotatable bonds is 6. The summed E-state index contributed by atoms with van der Waals surface area (Å²) in [4.78, 5) is 27.5. The van der Waals surface area contributed by atoms with Gasteiger partial charge in [-0.3, -0.25) is 14.9 Å². The molecule has 1 amide bonds. The molecule has 9 nitrogen and oxygen atoms in total. The smallest absolute Gasteiger partial charge is 0.416 e. The van der Waals surface area contributed by atoms with Gasteiger partial charge in [-0.15, -0.1) is 0 Å². The third-order valence-electron chi connectivity index (χ3n) is 4.85. The van der Waals surface area contributed by atoms with Crippen molar-refractivity contribution in [2.45, 2.75) is 19.5 Å². The summed E-state index contributed by atoms with van der Waals surface area (Å²) in [5.74, 6) is -1.34. The fourth-order valence-corrected chi connectivity index (χ4v) is 3.32. The third-order valence-corrected chi connectivity index (χ3v) is 4.85. The molecule has 186 valence electrons. The van der Waals surface area contributed by atoms with Crippen molar-refractivity contribution in [2.24, 2.45) is 0 Å². The molecule has 2 aromatic heterocycles. The molecule has 1 N–H and O–H groups in total. The van der Waals surface area contributed by atoms with Crippen molar-refractivity contribution in [1.29, 1.82) is 0 Å². The molecule has 4 aromatic rings. The van der Waals surface area contributed by atoms with Crippen LogP contribution < -0.4 is 10.1 Å². The number of carbonyl (C=O) groups is 1. The number of carbonyl (C=O) groups excluding carboxylic acids is 1. The van der Waals surface area contributed by atoms with Gasteiger partial charge in [0.25, 0.3) is 18.0 Å². The van der Waals surface area contributed by atoms with Crippen LogP contribution in [0.25, 0.3) is 5.65 Å². The largest absolute Gasteiger partial charge is 0.457 e. The van der Waals surface area contributed by atoms with Crippen molar-refractivity contribution in [2.75, 3.05) is 5.32 Å². The van der Waals surface area contributed by atoms with E-state index in [9.17, 15) is 36.9 Å². The van der Waals surface area contributed by atoms with Gasteiger partial charge in [-0.1, -0.05) is 6.07 Å². The lowest BCUT2D eigenvalue weighted by Crippen LogP contribution is -2.13. The molecular weight excluding hydrogens is 493 g/mol. The molecule has 0 saturated heterocycles. The van der Waals surface area contributed by atoms with Crippen molar-refractivity contribution in [1.82, 2.24) is 14.6 Å². The highest BCUT2D eigenvalue weighted by molar-refractivity contribution is 6.08. The molecule has 0 saturated carbocycles. The second-order valence-corrected chi connectivity index (χ2v) is 7.47. The quantitative estimate of drug-likeness (QED) is 0.196. The van der Waals surface area contributed by atoms with Gasteiger partial charge >= 0.3 is 6.18 Å². The number of amides is 1. The Labute approximate surface area is 198 Å². The van der Waals surface area contributed by atoms with Crippen LogP contribution in [0.5, 0.6) is 11.5 Å².